The first-order chi connectivity index (χ1) is 13.7. The summed E-state index contributed by atoms with van der Waals surface area (Å²) < 4.78 is 2.04. The molecule has 28 heavy (non-hydrogen) atoms. The van der Waals surface area contributed by atoms with Crippen LogP contribution in [0, 0.1) is 0 Å². The van der Waals surface area contributed by atoms with Crippen LogP contribution in [0.3, 0.4) is 0 Å². The Balaban J connectivity index is 1.90. The average Bonchev–Trinajstić information content (AvgIpc) is 3.07. The molecule has 1 N–H and O–H groups in total. The molecule has 0 radical (unpaired) electrons. The van der Waals surface area contributed by atoms with Gasteiger partial charge in [0.2, 0.25) is 0 Å². The Kier molecular flexibility index (Phi) is 5.18. The van der Waals surface area contributed by atoms with Crippen molar-refractivity contribution in [1.29, 1.82) is 0 Å². The van der Waals surface area contributed by atoms with E-state index in [-0.39, 0.29) is 5.75 Å². The summed E-state index contributed by atoms with van der Waals surface area (Å²) >= 11 is 6.19. The molecule has 1 heterocycles. The van der Waals surface area contributed by atoms with E-state index >= 15 is 0 Å². The third-order valence-electron chi connectivity index (χ3n) is 4.81. The highest BCUT2D eigenvalue weighted by Gasteiger charge is 2.19. The number of phenols is 1. The molecule has 1 aromatic heterocycles. The first kappa shape index (κ1) is 18.3. The summed E-state index contributed by atoms with van der Waals surface area (Å²) in [6, 6.07) is 25.4. The first-order valence-corrected chi connectivity index (χ1v) is 9.72. The van der Waals surface area contributed by atoms with Crippen molar-refractivity contribution in [1.82, 2.24) is 9.78 Å². The fourth-order valence-corrected chi connectivity index (χ4v) is 3.74. The Morgan fingerprint density at radius 2 is 1.64 bits per heavy atom. The van der Waals surface area contributed by atoms with E-state index in [0.29, 0.717) is 6.54 Å². The summed E-state index contributed by atoms with van der Waals surface area (Å²) in [7, 11) is 0. The SMILES string of the molecule is CCc1c(-c2ccccc2)nn(Cc2cccc(Cl)c2)c1-c1ccc(O)cc1. The van der Waals surface area contributed by atoms with E-state index in [4.69, 9.17) is 16.7 Å². The van der Waals surface area contributed by atoms with Gasteiger partial charge in [-0.25, -0.2) is 0 Å². The van der Waals surface area contributed by atoms with Gasteiger partial charge in [0.15, 0.2) is 0 Å². The Hall–Kier alpha value is -3.04. The molecule has 0 aliphatic rings. The van der Waals surface area contributed by atoms with Gasteiger partial charge in [-0.05, 0) is 48.4 Å². The van der Waals surface area contributed by atoms with Crippen LogP contribution >= 0.6 is 11.6 Å². The van der Waals surface area contributed by atoms with Crippen molar-refractivity contribution >= 4 is 11.6 Å². The van der Waals surface area contributed by atoms with E-state index in [1.54, 1.807) is 12.1 Å². The first-order valence-electron chi connectivity index (χ1n) is 9.34. The zero-order valence-electron chi connectivity index (χ0n) is 15.6. The van der Waals surface area contributed by atoms with E-state index in [0.717, 1.165) is 39.5 Å². The zero-order valence-corrected chi connectivity index (χ0v) is 16.4. The second-order valence-corrected chi connectivity index (χ2v) is 7.17. The highest BCUT2D eigenvalue weighted by Crippen LogP contribution is 2.34. The maximum Gasteiger partial charge on any atom is 0.115 e. The van der Waals surface area contributed by atoms with Crippen molar-refractivity contribution in [3.63, 3.8) is 0 Å². The van der Waals surface area contributed by atoms with Crippen molar-refractivity contribution in [2.24, 2.45) is 0 Å². The Labute approximate surface area is 169 Å². The molecule has 0 aliphatic heterocycles. The van der Waals surface area contributed by atoms with Gasteiger partial charge in [-0.1, -0.05) is 61.0 Å². The second-order valence-electron chi connectivity index (χ2n) is 6.73. The van der Waals surface area contributed by atoms with Gasteiger partial charge in [-0.15, -0.1) is 0 Å². The summed E-state index contributed by atoms with van der Waals surface area (Å²) in [4.78, 5) is 0. The van der Waals surface area contributed by atoms with Crippen molar-refractivity contribution in [2.45, 2.75) is 19.9 Å². The average molecular weight is 389 g/mol. The molecule has 0 fully saturated rings. The lowest BCUT2D eigenvalue weighted by Gasteiger charge is -2.10. The molecule has 0 spiro atoms. The summed E-state index contributed by atoms with van der Waals surface area (Å²) in [5.74, 6) is 0.256. The topological polar surface area (TPSA) is 38.0 Å². The third-order valence-corrected chi connectivity index (χ3v) is 5.05. The van der Waals surface area contributed by atoms with Gasteiger partial charge in [0.05, 0.1) is 17.9 Å². The fourth-order valence-electron chi connectivity index (χ4n) is 3.53. The monoisotopic (exact) mass is 388 g/mol. The molecule has 0 aliphatic carbocycles. The van der Waals surface area contributed by atoms with Gasteiger partial charge >= 0.3 is 0 Å². The van der Waals surface area contributed by atoms with E-state index in [2.05, 4.69) is 25.1 Å². The van der Waals surface area contributed by atoms with Gasteiger partial charge in [0.25, 0.3) is 0 Å². The van der Waals surface area contributed by atoms with Crippen LogP contribution < -0.4 is 0 Å². The summed E-state index contributed by atoms with van der Waals surface area (Å²) in [5, 5.41) is 15.4. The van der Waals surface area contributed by atoms with Crippen LogP contribution in [0.15, 0.2) is 78.9 Å². The molecule has 3 nitrogen and oxygen atoms in total. The maximum atomic E-state index is 9.71. The molecule has 4 rings (SSSR count). The van der Waals surface area contributed by atoms with Gasteiger partial charge in [-0.3, -0.25) is 4.68 Å². The molecule has 0 saturated carbocycles. The smallest absolute Gasteiger partial charge is 0.115 e. The minimum Gasteiger partial charge on any atom is -0.508 e. The van der Waals surface area contributed by atoms with Gasteiger partial charge in [0, 0.05) is 21.7 Å². The minimum absolute atomic E-state index is 0.256. The van der Waals surface area contributed by atoms with E-state index in [1.165, 1.54) is 5.56 Å². The molecule has 0 unspecified atom stereocenters. The van der Waals surface area contributed by atoms with Crippen LogP contribution in [0.25, 0.3) is 22.5 Å². The van der Waals surface area contributed by atoms with Crippen LogP contribution in [-0.2, 0) is 13.0 Å². The summed E-state index contributed by atoms with van der Waals surface area (Å²) in [6.07, 6.45) is 0.857. The Morgan fingerprint density at radius 1 is 0.893 bits per heavy atom. The van der Waals surface area contributed by atoms with Gasteiger partial charge in [0.1, 0.15) is 5.75 Å². The van der Waals surface area contributed by atoms with Crippen molar-refractivity contribution in [3.8, 4) is 28.3 Å². The van der Waals surface area contributed by atoms with Gasteiger partial charge < -0.3 is 5.11 Å². The summed E-state index contributed by atoms with van der Waals surface area (Å²) in [6.45, 7) is 2.77. The number of aromatic nitrogens is 2. The minimum atomic E-state index is 0.256. The molecule has 0 amide bonds. The molecule has 3 aromatic carbocycles. The largest absolute Gasteiger partial charge is 0.508 e. The molecule has 0 bridgehead atoms. The highest BCUT2D eigenvalue weighted by molar-refractivity contribution is 6.30. The van der Waals surface area contributed by atoms with Crippen LogP contribution in [0.1, 0.15) is 18.1 Å². The predicted octanol–water partition coefficient (Wildman–Crippen LogP) is 6.19. The maximum absolute atomic E-state index is 9.71. The quantitative estimate of drug-likeness (QED) is 0.442. The fraction of sp³-hybridized carbons (Fsp3) is 0.125. The molecule has 4 heteroatoms. The lowest BCUT2D eigenvalue weighted by atomic mass is 10.00. The number of hydrogen-bond acceptors (Lipinski definition) is 2. The van der Waals surface area contributed by atoms with Crippen LogP contribution in [0.2, 0.25) is 5.02 Å². The Bertz CT molecular complexity index is 1090. The van der Waals surface area contributed by atoms with E-state index < -0.39 is 0 Å². The molecular formula is C24H21ClN2O. The second kappa shape index (κ2) is 7.91. The third kappa shape index (κ3) is 3.67. The molecule has 0 saturated heterocycles. The van der Waals surface area contributed by atoms with Crippen LogP contribution in [-0.4, -0.2) is 14.9 Å². The summed E-state index contributed by atoms with van der Waals surface area (Å²) in [5.41, 5.74) is 6.49. The number of nitrogens with zero attached hydrogens (tertiary/aromatic N) is 2. The number of hydrogen-bond donors (Lipinski definition) is 1. The number of halogens is 1. The van der Waals surface area contributed by atoms with Crippen LogP contribution in [0.5, 0.6) is 5.75 Å². The predicted molar refractivity (Wildman–Crippen MR) is 115 cm³/mol. The number of benzene rings is 3. The zero-order chi connectivity index (χ0) is 19.5. The normalized spacial score (nSPS) is 10.9. The molecule has 0 atom stereocenters. The van der Waals surface area contributed by atoms with E-state index in [1.807, 2.05) is 53.2 Å². The molecule has 140 valence electrons. The van der Waals surface area contributed by atoms with Crippen molar-refractivity contribution in [3.05, 3.63) is 95.0 Å². The number of aromatic hydroxyl groups is 1. The van der Waals surface area contributed by atoms with Crippen molar-refractivity contribution in [2.75, 3.05) is 0 Å². The lowest BCUT2D eigenvalue weighted by Crippen LogP contribution is -2.04. The molecular weight excluding hydrogens is 368 g/mol. The van der Waals surface area contributed by atoms with Crippen LogP contribution in [0.4, 0.5) is 0 Å². The van der Waals surface area contributed by atoms with Crippen molar-refractivity contribution < 1.29 is 5.11 Å². The Morgan fingerprint density at radius 3 is 2.32 bits per heavy atom. The highest BCUT2D eigenvalue weighted by atomic mass is 35.5. The van der Waals surface area contributed by atoms with E-state index in [9.17, 15) is 5.11 Å². The molecule has 4 aromatic rings. The standard InChI is InChI=1S/C24H21ClN2O/c1-2-22-23(18-8-4-3-5-9-18)26-27(16-17-7-6-10-20(25)15-17)24(22)19-11-13-21(28)14-12-19/h3-15,28H,2,16H2,1H3. The number of rotatable bonds is 5. The van der Waals surface area contributed by atoms with Gasteiger partial charge in [-0.2, -0.15) is 5.10 Å². The lowest BCUT2D eigenvalue weighted by molar-refractivity contribution is 0.475. The number of phenolic OH excluding ortho intramolecular Hbond substituents is 1.